The van der Waals surface area contributed by atoms with Gasteiger partial charge in [-0.25, -0.2) is 4.79 Å². The van der Waals surface area contributed by atoms with Crippen LogP contribution in [0.25, 0.3) is 0 Å². The van der Waals surface area contributed by atoms with Crippen LogP contribution in [-0.2, 0) is 4.79 Å². The lowest BCUT2D eigenvalue weighted by molar-refractivity contribution is -0.115. The first-order valence-corrected chi connectivity index (χ1v) is 8.06. The van der Waals surface area contributed by atoms with E-state index in [2.05, 4.69) is 22.9 Å². The van der Waals surface area contributed by atoms with Gasteiger partial charge in [0.25, 0.3) is 0 Å². The SMILES string of the molecule is CCC(=O)Nc1cccc(NC(=O)N[C@@H]2CCCC[C@H]2C)c1. The molecule has 1 aromatic carbocycles. The fraction of sp³-hybridized carbons (Fsp3) is 0.529. The average Bonchev–Trinajstić information content (AvgIpc) is 2.50. The number of hydrogen-bond donors (Lipinski definition) is 3. The predicted octanol–water partition coefficient (Wildman–Crippen LogP) is 3.74. The molecule has 5 heteroatoms. The molecule has 3 amide bonds. The summed E-state index contributed by atoms with van der Waals surface area (Å²) in [7, 11) is 0. The van der Waals surface area contributed by atoms with Crippen LogP contribution in [0.5, 0.6) is 0 Å². The molecular weight excluding hydrogens is 278 g/mol. The van der Waals surface area contributed by atoms with Crippen molar-refractivity contribution < 1.29 is 9.59 Å². The van der Waals surface area contributed by atoms with E-state index in [9.17, 15) is 9.59 Å². The van der Waals surface area contributed by atoms with Gasteiger partial charge in [0.2, 0.25) is 5.91 Å². The minimum Gasteiger partial charge on any atom is -0.335 e. The van der Waals surface area contributed by atoms with Crippen LogP contribution in [0.4, 0.5) is 16.2 Å². The fourth-order valence-electron chi connectivity index (χ4n) is 2.79. The minimum absolute atomic E-state index is 0.0439. The summed E-state index contributed by atoms with van der Waals surface area (Å²) in [4.78, 5) is 23.5. The van der Waals surface area contributed by atoms with Crippen LogP contribution in [0.2, 0.25) is 0 Å². The number of benzene rings is 1. The van der Waals surface area contributed by atoms with Crippen molar-refractivity contribution >= 4 is 23.3 Å². The van der Waals surface area contributed by atoms with E-state index in [0.29, 0.717) is 23.7 Å². The Morgan fingerprint density at radius 1 is 1.14 bits per heavy atom. The summed E-state index contributed by atoms with van der Waals surface area (Å²) < 4.78 is 0. The highest BCUT2D eigenvalue weighted by molar-refractivity contribution is 5.93. The van der Waals surface area contributed by atoms with Gasteiger partial charge >= 0.3 is 6.03 Å². The van der Waals surface area contributed by atoms with Gasteiger partial charge in [0.05, 0.1) is 0 Å². The van der Waals surface area contributed by atoms with Gasteiger partial charge in [-0.05, 0) is 37.0 Å². The maximum Gasteiger partial charge on any atom is 0.319 e. The predicted molar refractivity (Wildman–Crippen MR) is 88.9 cm³/mol. The van der Waals surface area contributed by atoms with Crippen molar-refractivity contribution in [3.8, 4) is 0 Å². The molecule has 2 rings (SSSR count). The van der Waals surface area contributed by atoms with E-state index in [4.69, 9.17) is 0 Å². The number of nitrogens with one attached hydrogen (secondary N) is 3. The Labute approximate surface area is 131 Å². The van der Waals surface area contributed by atoms with E-state index >= 15 is 0 Å². The van der Waals surface area contributed by atoms with Crippen LogP contribution >= 0.6 is 0 Å². The molecule has 0 radical (unpaired) electrons. The van der Waals surface area contributed by atoms with Crippen molar-refractivity contribution in [2.45, 2.75) is 52.0 Å². The molecule has 0 bridgehead atoms. The third-order valence-corrected chi connectivity index (χ3v) is 4.15. The molecule has 120 valence electrons. The second kappa shape index (κ2) is 7.82. The van der Waals surface area contributed by atoms with E-state index in [1.807, 2.05) is 12.1 Å². The molecular formula is C17H25N3O2. The van der Waals surface area contributed by atoms with Gasteiger partial charge in [-0.2, -0.15) is 0 Å². The largest absolute Gasteiger partial charge is 0.335 e. The number of amides is 3. The van der Waals surface area contributed by atoms with Gasteiger partial charge in [0.15, 0.2) is 0 Å². The van der Waals surface area contributed by atoms with Gasteiger partial charge in [0.1, 0.15) is 0 Å². The Morgan fingerprint density at radius 3 is 2.50 bits per heavy atom. The highest BCUT2D eigenvalue weighted by atomic mass is 16.2. The van der Waals surface area contributed by atoms with Crippen LogP contribution in [-0.4, -0.2) is 18.0 Å². The van der Waals surface area contributed by atoms with Crippen molar-refractivity contribution in [3.05, 3.63) is 24.3 Å². The number of urea groups is 1. The summed E-state index contributed by atoms with van der Waals surface area (Å²) in [5, 5.41) is 8.67. The van der Waals surface area contributed by atoms with Crippen LogP contribution in [0.15, 0.2) is 24.3 Å². The molecule has 0 saturated heterocycles. The lowest BCUT2D eigenvalue weighted by Gasteiger charge is -2.29. The van der Waals surface area contributed by atoms with E-state index in [1.165, 1.54) is 19.3 Å². The zero-order chi connectivity index (χ0) is 15.9. The van der Waals surface area contributed by atoms with Gasteiger partial charge in [0, 0.05) is 23.8 Å². The smallest absolute Gasteiger partial charge is 0.319 e. The molecule has 0 unspecified atom stereocenters. The van der Waals surface area contributed by atoms with Gasteiger partial charge in [-0.15, -0.1) is 0 Å². The molecule has 5 nitrogen and oxygen atoms in total. The number of anilines is 2. The van der Waals surface area contributed by atoms with E-state index in [-0.39, 0.29) is 18.0 Å². The highest BCUT2D eigenvalue weighted by Gasteiger charge is 2.22. The molecule has 0 spiro atoms. The maximum atomic E-state index is 12.1. The van der Waals surface area contributed by atoms with Crippen molar-refractivity contribution in [2.75, 3.05) is 10.6 Å². The Bertz CT molecular complexity index is 530. The first kappa shape index (κ1) is 16.3. The third kappa shape index (κ3) is 4.76. The Kier molecular flexibility index (Phi) is 5.81. The molecule has 22 heavy (non-hydrogen) atoms. The Morgan fingerprint density at radius 2 is 1.82 bits per heavy atom. The number of carbonyl (C=O) groups excluding carboxylic acids is 2. The standard InChI is InChI=1S/C17H25N3O2/c1-3-16(21)18-13-8-6-9-14(11-13)19-17(22)20-15-10-5-4-7-12(15)2/h6,8-9,11-12,15H,3-5,7,10H2,1-2H3,(H,18,21)(H2,19,20,22)/t12-,15-/m1/s1. The highest BCUT2D eigenvalue weighted by Crippen LogP contribution is 2.24. The van der Waals surface area contributed by atoms with Crippen LogP contribution in [0.3, 0.4) is 0 Å². The topological polar surface area (TPSA) is 70.2 Å². The molecule has 1 aliphatic rings. The quantitative estimate of drug-likeness (QED) is 0.793. The van der Waals surface area contributed by atoms with Crippen molar-refractivity contribution in [1.29, 1.82) is 0 Å². The summed E-state index contributed by atoms with van der Waals surface area (Å²) in [6, 6.07) is 7.25. The number of carbonyl (C=O) groups is 2. The molecule has 1 saturated carbocycles. The van der Waals surface area contributed by atoms with Crippen molar-refractivity contribution in [1.82, 2.24) is 5.32 Å². The normalized spacial score (nSPS) is 21.0. The van der Waals surface area contributed by atoms with E-state index in [0.717, 1.165) is 6.42 Å². The first-order valence-electron chi connectivity index (χ1n) is 8.06. The van der Waals surface area contributed by atoms with Crippen molar-refractivity contribution in [2.24, 2.45) is 5.92 Å². The van der Waals surface area contributed by atoms with Gasteiger partial charge in [-0.1, -0.05) is 32.8 Å². The molecule has 1 aromatic rings. The van der Waals surface area contributed by atoms with E-state index in [1.54, 1.807) is 19.1 Å². The zero-order valence-corrected chi connectivity index (χ0v) is 13.3. The van der Waals surface area contributed by atoms with Crippen LogP contribution < -0.4 is 16.0 Å². The molecule has 0 aromatic heterocycles. The summed E-state index contributed by atoms with van der Waals surface area (Å²) in [5.41, 5.74) is 1.37. The lowest BCUT2D eigenvalue weighted by atomic mass is 9.86. The number of rotatable bonds is 4. The molecule has 0 heterocycles. The monoisotopic (exact) mass is 303 g/mol. The van der Waals surface area contributed by atoms with Gasteiger partial charge < -0.3 is 16.0 Å². The second-order valence-corrected chi connectivity index (χ2v) is 5.95. The fourth-order valence-corrected chi connectivity index (χ4v) is 2.79. The summed E-state index contributed by atoms with van der Waals surface area (Å²) >= 11 is 0. The second-order valence-electron chi connectivity index (χ2n) is 5.95. The maximum absolute atomic E-state index is 12.1. The summed E-state index contributed by atoms with van der Waals surface area (Å²) in [6.07, 6.45) is 5.07. The third-order valence-electron chi connectivity index (χ3n) is 4.15. The van der Waals surface area contributed by atoms with E-state index < -0.39 is 0 Å². The van der Waals surface area contributed by atoms with Crippen LogP contribution in [0.1, 0.15) is 46.0 Å². The lowest BCUT2D eigenvalue weighted by Crippen LogP contribution is -2.43. The molecule has 1 fully saturated rings. The summed E-state index contributed by atoms with van der Waals surface area (Å²) in [5.74, 6) is 0.479. The molecule has 2 atom stereocenters. The summed E-state index contributed by atoms with van der Waals surface area (Å²) in [6.45, 7) is 3.99. The Hall–Kier alpha value is -2.04. The average molecular weight is 303 g/mol. The molecule has 0 aliphatic heterocycles. The Balaban J connectivity index is 1.90. The van der Waals surface area contributed by atoms with Gasteiger partial charge in [-0.3, -0.25) is 4.79 Å². The number of hydrogen-bond acceptors (Lipinski definition) is 2. The van der Waals surface area contributed by atoms with Crippen LogP contribution in [0, 0.1) is 5.92 Å². The first-order chi connectivity index (χ1) is 10.6. The van der Waals surface area contributed by atoms with Crippen molar-refractivity contribution in [3.63, 3.8) is 0 Å². The zero-order valence-electron chi connectivity index (χ0n) is 13.3. The minimum atomic E-state index is -0.183. The molecule has 1 aliphatic carbocycles. The molecule has 3 N–H and O–H groups in total.